The normalized spacial score (nSPS) is 17.2. The fourth-order valence-corrected chi connectivity index (χ4v) is 2.95. The third-order valence-electron chi connectivity index (χ3n) is 4.30. The molecule has 2 amide bonds. The van der Waals surface area contributed by atoms with Crippen molar-refractivity contribution in [3.8, 4) is 0 Å². The zero-order valence-corrected chi connectivity index (χ0v) is 14.2. The Balaban J connectivity index is 1.56. The molecule has 1 aliphatic rings. The van der Waals surface area contributed by atoms with E-state index in [4.69, 9.17) is 4.74 Å². The first-order chi connectivity index (χ1) is 12.1. The van der Waals surface area contributed by atoms with Gasteiger partial charge in [-0.25, -0.2) is 9.18 Å². The summed E-state index contributed by atoms with van der Waals surface area (Å²) in [5.41, 5.74) is 2.35. The zero-order chi connectivity index (χ0) is 17.6. The van der Waals surface area contributed by atoms with Crippen LogP contribution >= 0.6 is 0 Å². The number of ether oxygens (including phenoxy) is 1. The van der Waals surface area contributed by atoms with Crippen LogP contribution in [0.2, 0.25) is 0 Å². The van der Waals surface area contributed by atoms with Crippen molar-refractivity contribution >= 4 is 23.1 Å². The van der Waals surface area contributed by atoms with Crippen LogP contribution in [0.15, 0.2) is 48.5 Å². The molecule has 0 aromatic heterocycles. The second-order valence-electron chi connectivity index (χ2n) is 6.08. The molecule has 0 spiro atoms. The number of nitrogens with zero attached hydrogens (tertiary/aromatic N) is 1. The maximum absolute atomic E-state index is 12.9. The van der Waals surface area contributed by atoms with Gasteiger partial charge in [0.1, 0.15) is 5.82 Å². The molecular weight excluding hydrogens is 321 g/mol. The predicted molar refractivity (Wildman–Crippen MR) is 97.7 cm³/mol. The van der Waals surface area contributed by atoms with Gasteiger partial charge >= 0.3 is 6.03 Å². The highest BCUT2D eigenvalue weighted by Crippen LogP contribution is 2.23. The minimum absolute atomic E-state index is 0.271. The number of piperidine rings is 1. The smallest absolute Gasteiger partial charge is 0.323 e. The van der Waals surface area contributed by atoms with Crippen LogP contribution < -0.4 is 15.5 Å². The molecule has 0 saturated carbocycles. The molecule has 0 aliphatic carbocycles. The molecule has 25 heavy (non-hydrogen) atoms. The number of methoxy groups -OCH3 is 1. The van der Waals surface area contributed by atoms with Gasteiger partial charge in [-0.1, -0.05) is 0 Å². The molecule has 1 fully saturated rings. The van der Waals surface area contributed by atoms with E-state index >= 15 is 0 Å². The quantitative estimate of drug-likeness (QED) is 0.879. The standard InChI is InChI=1S/C19H22FN3O2/c1-25-18-3-2-12-23(13-18)17-10-8-16(9-11-17)22-19(24)21-15-6-4-14(20)5-7-15/h4-11,18H,2-3,12-13H2,1H3,(H2,21,22,24). The maximum Gasteiger partial charge on any atom is 0.323 e. The van der Waals surface area contributed by atoms with E-state index in [1.165, 1.54) is 24.3 Å². The van der Waals surface area contributed by atoms with Gasteiger partial charge in [-0.3, -0.25) is 0 Å². The van der Waals surface area contributed by atoms with Crippen molar-refractivity contribution < 1.29 is 13.9 Å². The first-order valence-corrected chi connectivity index (χ1v) is 8.35. The van der Waals surface area contributed by atoms with Crippen molar-refractivity contribution in [2.24, 2.45) is 0 Å². The Morgan fingerprint density at radius 1 is 1.08 bits per heavy atom. The second-order valence-corrected chi connectivity index (χ2v) is 6.08. The van der Waals surface area contributed by atoms with Gasteiger partial charge in [0.15, 0.2) is 0 Å². The fourth-order valence-electron chi connectivity index (χ4n) is 2.95. The van der Waals surface area contributed by atoms with Gasteiger partial charge < -0.3 is 20.3 Å². The highest BCUT2D eigenvalue weighted by atomic mass is 19.1. The molecule has 0 bridgehead atoms. The average Bonchev–Trinajstić information content (AvgIpc) is 2.64. The van der Waals surface area contributed by atoms with Crippen molar-refractivity contribution in [1.29, 1.82) is 0 Å². The van der Waals surface area contributed by atoms with Crippen molar-refractivity contribution in [2.45, 2.75) is 18.9 Å². The van der Waals surface area contributed by atoms with Crippen LogP contribution in [0.3, 0.4) is 0 Å². The second kappa shape index (κ2) is 7.98. The summed E-state index contributed by atoms with van der Waals surface area (Å²) >= 11 is 0. The van der Waals surface area contributed by atoms with Gasteiger partial charge in [-0.15, -0.1) is 0 Å². The molecule has 2 N–H and O–H groups in total. The first kappa shape index (κ1) is 17.2. The summed E-state index contributed by atoms with van der Waals surface area (Å²) in [7, 11) is 1.75. The summed E-state index contributed by atoms with van der Waals surface area (Å²) in [6.45, 7) is 1.89. The predicted octanol–water partition coefficient (Wildman–Crippen LogP) is 4.08. The number of benzene rings is 2. The number of carbonyl (C=O) groups excluding carboxylic acids is 1. The molecule has 1 aliphatic heterocycles. The average molecular weight is 343 g/mol. The van der Waals surface area contributed by atoms with E-state index in [1.54, 1.807) is 7.11 Å². The Kier molecular flexibility index (Phi) is 5.50. The van der Waals surface area contributed by atoms with Gasteiger partial charge in [0.05, 0.1) is 6.10 Å². The summed E-state index contributed by atoms with van der Waals surface area (Å²) in [6.07, 6.45) is 2.47. The lowest BCUT2D eigenvalue weighted by Gasteiger charge is -2.33. The van der Waals surface area contributed by atoms with Crippen LogP contribution in [0.1, 0.15) is 12.8 Å². The number of halogens is 1. The number of hydrogen-bond acceptors (Lipinski definition) is 3. The van der Waals surface area contributed by atoms with Gasteiger partial charge in [-0.2, -0.15) is 0 Å². The van der Waals surface area contributed by atoms with E-state index in [-0.39, 0.29) is 18.0 Å². The number of nitrogens with one attached hydrogen (secondary N) is 2. The van der Waals surface area contributed by atoms with Crippen LogP contribution in [-0.4, -0.2) is 32.3 Å². The first-order valence-electron chi connectivity index (χ1n) is 8.35. The number of amides is 2. The van der Waals surface area contributed by atoms with E-state index in [0.29, 0.717) is 11.4 Å². The van der Waals surface area contributed by atoms with E-state index < -0.39 is 0 Å². The van der Waals surface area contributed by atoms with Crippen LogP contribution in [0.4, 0.5) is 26.2 Å². The van der Waals surface area contributed by atoms with Crippen molar-refractivity contribution in [3.63, 3.8) is 0 Å². The summed E-state index contributed by atoms with van der Waals surface area (Å²) in [5, 5.41) is 5.43. The Hall–Kier alpha value is -2.60. The monoisotopic (exact) mass is 343 g/mol. The Labute approximate surface area is 146 Å². The lowest BCUT2D eigenvalue weighted by atomic mass is 10.1. The summed E-state index contributed by atoms with van der Waals surface area (Å²) in [5.74, 6) is -0.338. The lowest BCUT2D eigenvalue weighted by Crippen LogP contribution is -2.39. The molecule has 6 heteroatoms. The molecule has 132 valence electrons. The lowest BCUT2D eigenvalue weighted by molar-refractivity contribution is 0.0893. The molecule has 2 aromatic rings. The zero-order valence-electron chi connectivity index (χ0n) is 14.2. The van der Waals surface area contributed by atoms with Gasteiger partial charge in [0.25, 0.3) is 0 Å². The Morgan fingerprint density at radius 3 is 2.28 bits per heavy atom. The summed E-state index contributed by atoms with van der Waals surface area (Å²) < 4.78 is 18.3. The maximum atomic E-state index is 12.9. The number of carbonyl (C=O) groups is 1. The summed E-state index contributed by atoms with van der Waals surface area (Å²) in [6, 6.07) is 13.0. The molecule has 1 atom stereocenters. The van der Waals surface area contributed by atoms with Crippen LogP contribution in [-0.2, 0) is 4.74 Å². The Bertz CT molecular complexity index is 704. The largest absolute Gasteiger partial charge is 0.380 e. The van der Waals surface area contributed by atoms with Crippen molar-refractivity contribution in [3.05, 3.63) is 54.3 Å². The molecule has 3 rings (SSSR count). The third-order valence-corrected chi connectivity index (χ3v) is 4.30. The van der Waals surface area contributed by atoms with Crippen LogP contribution in [0.25, 0.3) is 0 Å². The fraction of sp³-hybridized carbons (Fsp3) is 0.316. The van der Waals surface area contributed by atoms with Gasteiger partial charge in [0.2, 0.25) is 0 Å². The van der Waals surface area contributed by atoms with E-state index in [2.05, 4.69) is 15.5 Å². The molecule has 2 aromatic carbocycles. The van der Waals surface area contributed by atoms with E-state index in [1.807, 2.05) is 24.3 Å². The van der Waals surface area contributed by atoms with E-state index in [9.17, 15) is 9.18 Å². The van der Waals surface area contributed by atoms with Crippen LogP contribution in [0, 0.1) is 5.82 Å². The van der Waals surface area contributed by atoms with Crippen LogP contribution in [0.5, 0.6) is 0 Å². The number of urea groups is 1. The van der Waals surface area contributed by atoms with Crippen molar-refractivity contribution in [1.82, 2.24) is 0 Å². The summed E-state index contributed by atoms with van der Waals surface area (Å²) in [4.78, 5) is 14.3. The van der Waals surface area contributed by atoms with Crippen molar-refractivity contribution in [2.75, 3.05) is 35.7 Å². The van der Waals surface area contributed by atoms with Gasteiger partial charge in [-0.05, 0) is 61.4 Å². The molecular formula is C19H22FN3O2. The minimum Gasteiger partial charge on any atom is -0.380 e. The molecule has 1 unspecified atom stereocenters. The minimum atomic E-state index is -0.364. The highest BCUT2D eigenvalue weighted by molar-refractivity contribution is 5.99. The third kappa shape index (κ3) is 4.70. The Morgan fingerprint density at radius 2 is 1.68 bits per heavy atom. The molecule has 5 nitrogen and oxygen atoms in total. The number of hydrogen-bond donors (Lipinski definition) is 2. The topological polar surface area (TPSA) is 53.6 Å². The highest BCUT2D eigenvalue weighted by Gasteiger charge is 2.19. The van der Waals surface area contributed by atoms with E-state index in [0.717, 1.165) is 31.6 Å². The number of rotatable bonds is 4. The van der Waals surface area contributed by atoms with Gasteiger partial charge in [0, 0.05) is 37.3 Å². The number of anilines is 3. The SMILES string of the molecule is COC1CCCN(c2ccc(NC(=O)Nc3ccc(F)cc3)cc2)C1. The molecule has 1 saturated heterocycles. The molecule has 1 heterocycles. The molecule has 0 radical (unpaired) electrons.